The smallest absolute Gasteiger partial charge is 0.220 e. The van der Waals surface area contributed by atoms with E-state index in [1.165, 1.54) is 38.5 Å². The third-order valence-corrected chi connectivity index (χ3v) is 4.95. The van der Waals surface area contributed by atoms with Gasteiger partial charge in [0.1, 0.15) is 6.61 Å². The van der Waals surface area contributed by atoms with E-state index in [4.69, 9.17) is 16.4 Å². The third-order valence-electron chi connectivity index (χ3n) is 4.69. The number of rotatable bonds is 3. The Kier molecular flexibility index (Phi) is 10.2. The maximum Gasteiger partial charge on any atom is 0.220 e. The lowest BCUT2D eigenvalue weighted by molar-refractivity contribution is -0.121. The molecule has 0 saturated carbocycles. The second-order valence-corrected chi connectivity index (χ2v) is 7.42. The van der Waals surface area contributed by atoms with Gasteiger partial charge in [0.05, 0.1) is 5.71 Å². The van der Waals surface area contributed by atoms with E-state index in [-0.39, 0.29) is 5.91 Å². The molecule has 1 aliphatic heterocycles. The lowest BCUT2D eigenvalue weighted by Crippen LogP contribution is -2.25. The summed E-state index contributed by atoms with van der Waals surface area (Å²) in [6, 6.07) is 7.60. The molecule has 1 N–H and O–H groups in total. The van der Waals surface area contributed by atoms with Gasteiger partial charge in [0.2, 0.25) is 5.91 Å². The fourth-order valence-corrected chi connectivity index (χ4v) is 3.23. The molecule has 1 aliphatic rings. The lowest BCUT2D eigenvalue weighted by Gasteiger charge is -2.08. The average molecular weight is 379 g/mol. The lowest BCUT2D eigenvalue weighted by atomic mass is 10.0. The highest BCUT2D eigenvalue weighted by molar-refractivity contribution is 6.30. The normalized spacial score (nSPS) is 20.0. The van der Waals surface area contributed by atoms with Crippen molar-refractivity contribution in [2.24, 2.45) is 5.16 Å². The number of amides is 1. The summed E-state index contributed by atoms with van der Waals surface area (Å²) >= 11 is 5.90. The van der Waals surface area contributed by atoms with Crippen LogP contribution in [0.3, 0.4) is 0 Å². The summed E-state index contributed by atoms with van der Waals surface area (Å²) in [5.74, 6) is 0.154. The molecular weight excluding hydrogens is 348 g/mol. The van der Waals surface area contributed by atoms with Crippen molar-refractivity contribution in [1.29, 1.82) is 0 Å². The first-order valence-electron chi connectivity index (χ1n) is 9.93. The second kappa shape index (κ2) is 12.7. The van der Waals surface area contributed by atoms with Crippen LogP contribution in [-0.2, 0) is 16.2 Å². The topological polar surface area (TPSA) is 50.7 Å². The molecule has 1 fully saturated rings. The highest BCUT2D eigenvalue weighted by Crippen LogP contribution is 2.13. The minimum absolute atomic E-state index is 0.154. The zero-order valence-corrected chi connectivity index (χ0v) is 16.4. The molecule has 0 radical (unpaired) electrons. The van der Waals surface area contributed by atoms with Crippen molar-refractivity contribution in [3.63, 3.8) is 0 Å². The van der Waals surface area contributed by atoms with E-state index in [1.807, 2.05) is 24.3 Å². The average Bonchev–Trinajstić information content (AvgIpc) is 2.64. The Labute approximate surface area is 162 Å². The van der Waals surface area contributed by atoms with Crippen LogP contribution in [0.25, 0.3) is 0 Å². The predicted molar refractivity (Wildman–Crippen MR) is 107 cm³/mol. The van der Waals surface area contributed by atoms with Crippen molar-refractivity contribution in [3.05, 3.63) is 34.9 Å². The van der Waals surface area contributed by atoms with Gasteiger partial charge in [0, 0.05) is 24.4 Å². The molecular formula is C21H31ClN2O2. The van der Waals surface area contributed by atoms with Crippen molar-refractivity contribution in [2.45, 2.75) is 77.2 Å². The van der Waals surface area contributed by atoms with Gasteiger partial charge in [-0.3, -0.25) is 4.79 Å². The summed E-state index contributed by atoms with van der Waals surface area (Å²) in [5, 5.41) is 8.07. The minimum atomic E-state index is 0.154. The number of carbonyl (C=O) groups excluding carboxylic acids is 1. The molecule has 0 unspecified atom stereocenters. The Balaban J connectivity index is 1.83. The number of hydrogen-bond donors (Lipinski definition) is 1. The molecule has 4 nitrogen and oxygen atoms in total. The van der Waals surface area contributed by atoms with Crippen LogP contribution in [0.4, 0.5) is 0 Å². The van der Waals surface area contributed by atoms with E-state index < -0.39 is 0 Å². The SMILES string of the molecule is O=C1CCCCCCCCCC/C(=N\OCc2ccc(Cl)cc2)CCN1. The number of carbonyl (C=O) groups is 1. The molecule has 1 saturated heterocycles. The Morgan fingerprint density at radius 2 is 1.50 bits per heavy atom. The van der Waals surface area contributed by atoms with Gasteiger partial charge < -0.3 is 10.2 Å². The number of oxime groups is 1. The van der Waals surface area contributed by atoms with E-state index in [0.717, 1.165) is 42.0 Å². The molecule has 1 amide bonds. The highest BCUT2D eigenvalue weighted by atomic mass is 35.5. The van der Waals surface area contributed by atoms with Gasteiger partial charge in [-0.15, -0.1) is 0 Å². The Hall–Kier alpha value is -1.55. The van der Waals surface area contributed by atoms with E-state index in [0.29, 0.717) is 19.6 Å². The quantitative estimate of drug-likeness (QED) is 0.692. The van der Waals surface area contributed by atoms with Crippen LogP contribution >= 0.6 is 11.6 Å². The molecule has 26 heavy (non-hydrogen) atoms. The van der Waals surface area contributed by atoms with Gasteiger partial charge in [0.25, 0.3) is 0 Å². The molecule has 0 aliphatic carbocycles. The predicted octanol–water partition coefficient (Wildman–Crippen LogP) is 5.63. The maximum atomic E-state index is 11.9. The summed E-state index contributed by atoms with van der Waals surface area (Å²) in [4.78, 5) is 17.4. The molecule has 0 bridgehead atoms. The fraction of sp³-hybridized carbons (Fsp3) is 0.619. The standard InChI is InChI=1S/C21H31ClN2O2/c22-19-13-11-18(12-14-19)17-26-24-20-9-7-5-3-1-2-4-6-8-10-21(25)23-16-15-20/h11-14H,1-10,15-17H2,(H,23,25)/b24-20+. The minimum Gasteiger partial charge on any atom is -0.391 e. The van der Waals surface area contributed by atoms with Crippen LogP contribution < -0.4 is 5.32 Å². The molecule has 5 heteroatoms. The summed E-state index contributed by atoms with van der Waals surface area (Å²) in [6.45, 7) is 1.08. The number of nitrogens with zero attached hydrogens (tertiary/aromatic N) is 1. The van der Waals surface area contributed by atoms with Crippen molar-refractivity contribution < 1.29 is 9.63 Å². The number of halogens is 1. The van der Waals surface area contributed by atoms with Crippen molar-refractivity contribution in [3.8, 4) is 0 Å². The summed E-state index contributed by atoms with van der Waals surface area (Å²) < 4.78 is 0. The van der Waals surface area contributed by atoms with Crippen molar-refractivity contribution in [2.75, 3.05) is 6.54 Å². The molecule has 0 atom stereocenters. The Morgan fingerprint density at radius 1 is 0.885 bits per heavy atom. The summed E-state index contributed by atoms with van der Waals surface area (Å²) in [5.41, 5.74) is 2.08. The zero-order chi connectivity index (χ0) is 18.5. The monoisotopic (exact) mass is 378 g/mol. The van der Waals surface area contributed by atoms with E-state index in [9.17, 15) is 4.79 Å². The molecule has 1 aromatic rings. The summed E-state index contributed by atoms with van der Waals surface area (Å²) in [6.07, 6.45) is 12.0. The van der Waals surface area contributed by atoms with Crippen LogP contribution in [0.15, 0.2) is 29.4 Å². The molecule has 0 aromatic heterocycles. The second-order valence-electron chi connectivity index (χ2n) is 6.99. The highest BCUT2D eigenvalue weighted by Gasteiger charge is 2.06. The molecule has 2 rings (SSSR count). The zero-order valence-electron chi connectivity index (χ0n) is 15.6. The van der Waals surface area contributed by atoms with E-state index in [1.54, 1.807) is 0 Å². The van der Waals surface area contributed by atoms with Gasteiger partial charge in [-0.05, 0) is 37.0 Å². The first kappa shape index (κ1) is 20.8. The fourth-order valence-electron chi connectivity index (χ4n) is 3.10. The van der Waals surface area contributed by atoms with E-state index >= 15 is 0 Å². The van der Waals surface area contributed by atoms with Gasteiger partial charge in [-0.2, -0.15) is 0 Å². The Morgan fingerprint density at radius 3 is 2.19 bits per heavy atom. The van der Waals surface area contributed by atoms with E-state index in [2.05, 4.69) is 10.5 Å². The third kappa shape index (κ3) is 9.23. The molecule has 0 spiro atoms. The largest absolute Gasteiger partial charge is 0.391 e. The molecule has 1 heterocycles. The van der Waals surface area contributed by atoms with Crippen molar-refractivity contribution >= 4 is 23.2 Å². The Bertz CT molecular complexity index is 558. The van der Waals surface area contributed by atoms with Gasteiger partial charge >= 0.3 is 0 Å². The van der Waals surface area contributed by atoms with Crippen LogP contribution in [-0.4, -0.2) is 18.2 Å². The van der Waals surface area contributed by atoms with Gasteiger partial charge in [-0.25, -0.2) is 0 Å². The molecule has 1 aromatic carbocycles. The van der Waals surface area contributed by atoms with Gasteiger partial charge in [0.15, 0.2) is 0 Å². The maximum absolute atomic E-state index is 11.9. The summed E-state index contributed by atoms with van der Waals surface area (Å²) in [7, 11) is 0. The van der Waals surface area contributed by atoms with Crippen LogP contribution in [0, 0.1) is 0 Å². The van der Waals surface area contributed by atoms with Crippen molar-refractivity contribution in [1.82, 2.24) is 5.32 Å². The number of benzene rings is 1. The van der Waals surface area contributed by atoms with Crippen LogP contribution in [0.2, 0.25) is 5.02 Å². The first-order chi connectivity index (χ1) is 12.7. The van der Waals surface area contributed by atoms with Crippen LogP contribution in [0.1, 0.15) is 76.2 Å². The molecule has 144 valence electrons. The first-order valence-corrected chi connectivity index (χ1v) is 10.3. The van der Waals surface area contributed by atoms with Crippen LogP contribution in [0.5, 0.6) is 0 Å². The van der Waals surface area contributed by atoms with Gasteiger partial charge in [-0.1, -0.05) is 67.4 Å². The number of nitrogens with one attached hydrogen (secondary N) is 1. The number of hydrogen-bond acceptors (Lipinski definition) is 3.